The molecule has 0 spiro atoms. The van der Waals surface area contributed by atoms with Crippen LogP contribution in [0.3, 0.4) is 0 Å². The number of hydrogen-bond acceptors (Lipinski definition) is 1. The maximum absolute atomic E-state index is 3.36. The number of rotatable bonds is 3. The van der Waals surface area contributed by atoms with E-state index in [0.717, 1.165) is 0 Å². The van der Waals surface area contributed by atoms with Crippen LogP contribution in [0.5, 0.6) is 0 Å². The van der Waals surface area contributed by atoms with Crippen LogP contribution in [0.25, 0.3) is 0 Å². The fraction of sp³-hybridized carbons (Fsp3) is 0.538. The minimum absolute atomic E-state index is 0.467. The molecule has 0 bridgehead atoms. The summed E-state index contributed by atoms with van der Waals surface area (Å²) in [5.74, 6) is 0.627. The summed E-state index contributed by atoms with van der Waals surface area (Å²) in [5.41, 5.74) is 4.14. The molecule has 0 heterocycles. The van der Waals surface area contributed by atoms with Gasteiger partial charge in [0.2, 0.25) is 0 Å². The van der Waals surface area contributed by atoms with Crippen LogP contribution in [0, 0.1) is 19.8 Å². The molecule has 1 aromatic rings. The Balaban J connectivity index is 3.00. The normalized spacial score (nSPS) is 13.3. The summed E-state index contributed by atoms with van der Waals surface area (Å²) in [4.78, 5) is 0. The maximum atomic E-state index is 3.36. The van der Waals surface area contributed by atoms with Crippen molar-refractivity contribution in [2.24, 2.45) is 5.92 Å². The van der Waals surface area contributed by atoms with E-state index in [9.17, 15) is 0 Å². The van der Waals surface area contributed by atoms with Crippen molar-refractivity contribution in [1.29, 1.82) is 0 Å². The first-order valence-corrected chi connectivity index (χ1v) is 5.30. The van der Waals surface area contributed by atoms with E-state index < -0.39 is 0 Å². The van der Waals surface area contributed by atoms with Crippen LogP contribution in [-0.2, 0) is 0 Å². The molecule has 0 aromatic heterocycles. The van der Waals surface area contributed by atoms with Crippen molar-refractivity contribution in [3.05, 3.63) is 34.9 Å². The predicted octanol–water partition coefficient (Wildman–Crippen LogP) is 3.22. The van der Waals surface area contributed by atoms with E-state index in [1.54, 1.807) is 0 Å². The average Bonchev–Trinajstić information content (AvgIpc) is 2.11. The largest absolute Gasteiger partial charge is 0.313 e. The molecule has 1 nitrogen and oxygen atoms in total. The minimum Gasteiger partial charge on any atom is -0.313 e. The third kappa shape index (κ3) is 2.36. The van der Waals surface area contributed by atoms with Gasteiger partial charge in [-0.3, -0.25) is 0 Å². The number of aryl methyl sites for hydroxylation is 2. The fourth-order valence-corrected chi connectivity index (χ4v) is 1.84. The third-order valence-corrected chi connectivity index (χ3v) is 2.87. The van der Waals surface area contributed by atoms with Crippen LogP contribution in [0.1, 0.15) is 36.6 Å². The lowest BCUT2D eigenvalue weighted by Crippen LogP contribution is -2.21. The molecule has 1 aromatic carbocycles. The Bertz CT molecular complexity index is 302. The van der Waals surface area contributed by atoms with Gasteiger partial charge in [0.25, 0.3) is 0 Å². The van der Waals surface area contributed by atoms with Gasteiger partial charge in [-0.2, -0.15) is 0 Å². The Kier molecular flexibility index (Phi) is 3.70. The first-order valence-electron chi connectivity index (χ1n) is 5.30. The van der Waals surface area contributed by atoms with Gasteiger partial charge in [0.15, 0.2) is 0 Å². The zero-order chi connectivity index (χ0) is 10.7. The van der Waals surface area contributed by atoms with Crippen molar-refractivity contribution in [1.82, 2.24) is 5.32 Å². The van der Waals surface area contributed by atoms with Gasteiger partial charge >= 0.3 is 0 Å². The third-order valence-electron chi connectivity index (χ3n) is 2.87. The molecule has 0 saturated carbocycles. The molecule has 0 aliphatic carbocycles. The lowest BCUT2D eigenvalue weighted by atomic mass is 9.94. The van der Waals surface area contributed by atoms with Gasteiger partial charge in [-0.25, -0.2) is 0 Å². The second-order valence-electron chi connectivity index (χ2n) is 4.35. The molecule has 78 valence electrons. The minimum atomic E-state index is 0.467. The van der Waals surface area contributed by atoms with Crippen molar-refractivity contribution in [3.63, 3.8) is 0 Å². The molecule has 0 radical (unpaired) electrons. The van der Waals surface area contributed by atoms with Crippen LogP contribution in [0.2, 0.25) is 0 Å². The van der Waals surface area contributed by atoms with Crippen molar-refractivity contribution >= 4 is 0 Å². The predicted molar refractivity (Wildman–Crippen MR) is 62.6 cm³/mol. The maximum Gasteiger partial charge on any atom is 0.0340 e. The number of hydrogen-bond donors (Lipinski definition) is 1. The van der Waals surface area contributed by atoms with Crippen LogP contribution in [-0.4, -0.2) is 7.05 Å². The lowest BCUT2D eigenvalue weighted by Gasteiger charge is -2.21. The first kappa shape index (κ1) is 11.3. The highest BCUT2D eigenvalue weighted by Crippen LogP contribution is 2.22. The lowest BCUT2D eigenvalue weighted by molar-refractivity contribution is 0.443. The Morgan fingerprint density at radius 1 is 1.07 bits per heavy atom. The van der Waals surface area contributed by atoms with Crippen LogP contribution >= 0.6 is 0 Å². The summed E-state index contributed by atoms with van der Waals surface area (Å²) in [5, 5.41) is 3.36. The molecule has 1 atom stereocenters. The molecule has 0 saturated heterocycles. The van der Waals surface area contributed by atoms with Crippen LogP contribution in [0.4, 0.5) is 0 Å². The molecule has 0 aliphatic heterocycles. The van der Waals surface area contributed by atoms with Gasteiger partial charge in [0.05, 0.1) is 0 Å². The van der Waals surface area contributed by atoms with E-state index in [2.05, 4.69) is 51.2 Å². The van der Waals surface area contributed by atoms with Gasteiger partial charge < -0.3 is 5.32 Å². The first-order chi connectivity index (χ1) is 6.56. The molecule has 1 rings (SSSR count). The van der Waals surface area contributed by atoms with E-state index in [-0.39, 0.29) is 0 Å². The van der Waals surface area contributed by atoms with Crippen molar-refractivity contribution in [2.75, 3.05) is 7.05 Å². The monoisotopic (exact) mass is 191 g/mol. The highest BCUT2D eigenvalue weighted by Gasteiger charge is 2.13. The summed E-state index contributed by atoms with van der Waals surface area (Å²) in [6.45, 7) is 8.82. The Morgan fingerprint density at radius 2 is 1.71 bits per heavy atom. The van der Waals surface area contributed by atoms with E-state index in [0.29, 0.717) is 12.0 Å². The Hall–Kier alpha value is -0.820. The summed E-state index contributed by atoms with van der Waals surface area (Å²) in [7, 11) is 2.03. The fourth-order valence-electron chi connectivity index (χ4n) is 1.84. The van der Waals surface area contributed by atoms with E-state index in [1.807, 2.05) is 7.05 Å². The zero-order valence-electron chi connectivity index (χ0n) is 9.89. The molecule has 1 heteroatoms. The van der Waals surface area contributed by atoms with Crippen LogP contribution < -0.4 is 5.32 Å². The molecule has 14 heavy (non-hydrogen) atoms. The SMILES string of the molecule is CNC(c1ccc(C)c(C)c1)C(C)C. The van der Waals surface area contributed by atoms with Crippen molar-refractivity contribution in [3.8, 4) is 0 Å². The molecular formula is C13H21N. The molecule has 1 unspecified atom stereocenters. The molecule has 0 fully saturated rings. The summed E-state index contributed by atoms with van der Waals surface area (Å²) in [6.07, 6.45) is 0. The summed E-state index contributed by atoms with van der Waals surface area (Å²) < 4.78 is 0. The van der Waals surface area contributed by atoms with Gasteiger partial charge in [-0.15, -0.1) is 0 Å². The van der Waals surface area contributed by atoms with Gasteiger partial charge in [-0.05, 0) is 43.5 Å². The summed E-state index contributed by atoms with van der Waals surface area (Å²) >= 11 is 0. The van der Waals surface area contributed by atoms with Gasteiger partial charge in [0, 0.05) is 6.04 Å². The molecule has 0 amide bonds. The summed E-state index contributed by atoms with van der Waals surface area (Å²) in [6, 6.07) is 7.19. The van der Waals surface area contributed by atoms with E-state index in [1.165, 1.54) is 16.7 Å². The van der Waals surface area contributed by atoms with Crippen molar-refractivity contribution < 1.29 is 0 Å². The number of nitrogens with one attached hydrogen (secondary N) is 1. The second-order valence-corrected chi connectivity index (χ2v) is 4.35. The smallest absolute Gasteiger partial charge is 0.0340 e. The average molecular weight is 191 g/mol. The van der Waals surface area contributed by atoms with Gasteiger partial charge in [-0.1, -0.05) is 32.0 Å². The molecular weight excluding hydrogens is 170 g/mol. The van der Waals surface area contributed by atoms with E-state index in [4.69, 9.17) is 0 Å². The van der Waals surface area contributed by atoms with Crippen molar-refractivity contribution in [2.45, 2.75) is 33.7 Å². The van der Waals surface area contributed by atoms with E-state index >= 15 is 0 Å². The number of benzene rings is 1. The highest BCUT2D eigenvalue weighted by atomic mass is 14.9. The Labute approximate surface area is 87.5 Å². The van der Waals surface area contributed by atoms with Gasteiger partial charge in [0.1, 0.15) is 0 Å². The molecule has 1 N–H and O–H groups in total. The molecule has 0 aliphatic rings. The highest BCUT2D eigenvalue weighted by molar-refractivity contribution is 5.31. The zero-order valence-corrected chi connectivity index (χ0v) is 9.89. The quantitative estimate of drug-likeness (QED) is 0.773. The topological polar surface area (TPSA) is 12.0 Å². The standard InChI is InChI=1S/C13H21N/c1-9(2)13(14-5)12-7-6-10(3)11(4)8-12/h6-9,13-14H,1-5H3. The Morgan fingerprint density at radius 3 is 2.14 bits per heavy atom. The second kappa shape index (κ2) is 4.61. The van der Waals surface area contributed by atoms with Crippen LogP contribution in [0.15, 0.2) is 18.2 Å².